The van der Waals surface area contributed by atoms with Crippen molar-refractivity contribution < 1.29 is 14.0 Å². The molecule has 0 saturated carbocycles. The summed E-state index contributed by atoms with van der Waals surface area (Å²) in [5.41, 5.74) is 1.39. The molecule has 0 radical (unpaired) electrons. The number of urea groups is 1. The summed E-state index contributed by atoms with van der Waals surface area (Å²) in [7, 11) is 0. The lowest BCUT2D eigenvalue weighted by Gasteiger charge is -2.27. The number of hydrogen-bond donors (Lipinski definition) is 1. The Kier molecular flexibility index (Phi) is 5.03. The number of nitrogens with zero attached hydrogens (tertiary/aromatic N) is 2. The van der Waals surface area contributed by atoms with E-state index in [1.165, 1.54) is 4.90 Å². The van der Waals surface area contributed by atoms with Crippen molar-refractivity contribution in [1.29, 1.82) is 0 Å². The fourth-order valence-corrected chi connectivity index (χ4v) is 4.07. The van der Waals surface area contributed by atoms with Crippen LogP contribution >= 0.6 is 0 Å². The normalized spacial score (nSPS) is 18.1. The molecular weight excluding hydrogens is 402 g/mol. The zero-order valence-electron chi connectivity index (χ0n) is 17.3. The maximum atomic E-state index is 13.7. The summed E-state index contributed by atoms with van der Waals surface area (Å²) in [5, 5.41) is 2.96. The fourth-order valence-electron chi connectivity index (χ4n) is 4.07. The van der Waals surface area contributed by atoms with Gasteiger partial charge in [0.1, 0.15) is 6.54 Å². The summed E-state index contributed by atoms with van der Waals surface area (Å²) in [6.45, 7) is -0.0408. The summed E-state index contributed by atoms with van der Waals surface area (Å²) in [6.07, 6.45) is 1.96. The molecule has 1 fully saturated rings. The minimum Gasteiger partial charge on any atom is -0.439 e. The quantitative estimate of drug-likeness (QED) is 0.462. The molecule has 6 nitrogen and oxygen atoms in total. The number of rotatable bonds is 6. The highest BCUT2D eigenvalue weighted by Gasteiger charge is 2.52. The highest BCUT2D eigenvalue weighted by molar-refractivity contribution is 6.07. The van der Waals surface area contributed by atoms with Gasteiger partial charge in [-0.15, -0.1) is 0 Å². The van der Waals surface area contributed by atoms with Crippen LogP contribution in [-0.4, -0.2) is 21.8 Å². The number of carbonyl (C=O) groups is 2. The van der Waals surface area contributed by atoms with Crippen LogP contribution in [0.1, 0.15) is 17.0 Å². The molecule has 3 aromatic carbocycles. The SMILES string of the molecule is O=C1N[C@@](Cc2ccccc2)(c2ccccc2)C(=O)N1Cc1ncc(-c2ccccc2)o1. The van der Waals surface area contributed by atoms with E-state index >= 15 is 0 Å². The van der Waals surface area contributed by atoms with E-state index in [1.54, 1.807) is 6.20 Å². The monoisotopic (exact) mass is 423 g/mol. The van der Waals surface area contributed by atoms with Gasteiger partial charge in [-0.25, -0.2) is 9.78 Å². The molecule has 6 heteroatoms. The van der Waals surface area contributed by atoms with Crippen LogP contribution in [0.5, 0.6) is 0 Å². The Morgan fingerprint density at radius 2 is 1.47 bits per heavy atom. The molecule has 0 unspecified atom stereocenters. The van der Waals surface area contributed by atoms with Crippen molar-refractivity contribution in [3.8, 4) is 11.3 Å². The number of aromatic nitrogens is 1. The van der Waals surface area contributed by atoms with Gasteiger partial charge in [-0.1, -0.05) is 91.0 Å². The summed E-state index contributed by atoms with van der Waals surface area (Å²) in [6, 6.07) is 28.1. The molecule has 0 aliphatic carbocycles. The van der Waals surface area contributed by atoms with Crippen LogP contribution in [0.4, 0.5) is 4.79 Å². The van der Waals surface area contributed by atoms with Gasteiger partial charge in [-0.2, -0.15) is 0 Å². The fraction of sp³-hybridized carbons (Fsp3) is 0.115. The Bertz CT molecular complexity index is 1240. The van der Waals surface area contributed by atoms with Gasteiger partial charge >= 0.3 is 6.03 Å². The van der Waals surface area contributed by atoms with Crippen LogP contribution in [-0.2, 0) is 23.3 Å². The van der Waals surface area contributed by atoms with Crippen LogP contribution < -0.4 is 5.32 Å². The molecule has 32 heavy (non-hydrogen) atoms. The average Bonchev–Trinajstić information content (AvgIpc) is 3.40. The number of nitrogens with one attached hydrogen (secondary N) is 1. The van der Waals surface area contributed by atoms with Crippen molar-refractivity contribution >= 4 is 11.9 Å². The second-order valence-corrected chi connectivity index (χ2v) is 7.74. The lowest BCUT2D eigenvalue weighted by molar-refractivity contribution is -0.132. The predicted molar refractivity (Wildman–Crippen MR) is 119 cm³/mol. The molecule has 1 aliphatic rings. The molecule has 1 atom stereocenters. The first kappa shape index (κ1) is 19.8. The van der Waals surface area contributed by atoms with Gasteiger partial charge in [0.15, 0.2) is 11.3 Å². The molecule has 1 aromatic heterocycles. The zero-order chi connectivity index (χ0) is 22.0. The van der Waals surface area contributed by atoms with Crippen molar-refractivity contribution in [1.82, 2.24) is 15.2 Å². The Labute approximate surface area is 185 Å². The van der Waals surface area contributed by atoms with Crippen molar-refractivity contribution in [3.63, 3.8) is 0 Å². The molecule has 1 aliphatic heterocycles. The lowest BCUT2D eigenvalue weighted by Crippen LogP contribution is -2.46. The maximum Gasteiger partial charge on any atom is 0.325 e. The number of oxazole rings is 1. The van der Waals surface area contributed by atoms with E-state index in [2.05, 4.69) is 10.3 Å². The smallest absolute Gasteiger partial charge is 0.325 e. The molecule has 1 saturated heterocycles. The summed E-state index contributed by atoms with van der Waals surface area (Å²) in [4.78, 5) is 32.1. The van der Waals surface area contributed by atoms with Gasteiger partial charge in [0, 0.05) is 12.0 Å². The molecule has 2 heterocycles. The van der Waals surface area contributed by atoms with E-state index in [-0.39, 0.29) is 12.5 Å². The van der Waals surface area contributed by atoms with E-state index in [0.717, 1.165) is 16.7 Å². The van der Waals surface area contributed by atoms with E-state index in [4.69, 9.17) is 4.42 Å². The molecule has 0 spiro atoms. The summed E-state index contributed by atoms with van der Waals surface area (Å²) >= 11 is 0. The van der Waals surface area contributed by atoms with Crippen LogP contribution in [0.2, 0.25) is 0 Å². The van der Waals surface area contributed by atoms with Crippen LogP contribution in [0.3, 0.4) is 0 Å². The van der Waals surface area contributed by atoms with Gasteiger partial charge in [-0.05, 0) is 11.1 Å². The van der Waals surface area contributed by atoms with E-state index in [0.29, 0.717) is 18.1 Å². The second-order valence-electron chi connectivity index (χ2n) is 7.74. The molecule has 5 rings (SSSR count). The minimum atomic E-state index is -1.19. The van der Waals surface area contributed by atoms with Gasteiger partial charge in [0.25, 0.3) is 5.91 Å². The molecule has 4 aromatic rings. The second kappa shape index (κ2) is 8.15. The molecule has 3 amide bonds. The Balaban J connectivity index is 1.46. The predicted octanol–water partition coefficient (Wildman–Crippen LogP) is 4.53. The minimum absolute atomic E-state index is 0.0408. The van der Waals surface area contributed by atoms with Crippen LogP contribution in [0.15, 0.2) is 102 Å². The third-order valence-corrected chi connectivity index (χ3v) is 5.66. The van der Waals surface area contributed by atoms with Crippen molar-refractivity contribution in [2.75, 3.05) is 0 Å². The largest absolute Gasteiger partial charge is 0.439 e. The molecular formula is C26H21N3O3. The average molecular weight is 423 g/mol. The third kappa shape index (κ3) is 3.56. The van der Waals surface area contributed by atoms with Crippen molar-refractivity contribution in [3.05, 3.63) is 114 Å². The summed E-state index contributed by atoms with van der Waals surface area (Å²) < 4.78 is 5.84. The molecule has 158 valence electrons. The number of amides is 3. The summed E-state index contributed by atoms with van der Waals surface area (Å²) in [5.74, 6) is 0.569. The Morgan fingerprint density at radius 3 is 2.16 bits per heavy atom. The first-order valence-corrected chi connectivity index (χ1v) is 10.4. The first-order chi connectivity index (χ1) is 15.7. The zero-order valence-corrected chi connectivity index (χ0v) is 17.3. The maximum absolute atomic E-state index is 13.7. The van der Waals surface area contributed by atoms with Gasteiger partial charge in [-0.3, -0.25) is 9.69 Å². The van der Waals surface area contributed by atoms with E-state index in [9.17, 15) is 9.59 Å². The van der Waals surface area contributed by atoms with Gasteiger partial charge in [0.2, 0.25) is 5.89 Å². The Morgan fingerprint density at radius 1 is 0.844 bits per heavy atom. The lowest BCUT2D eigenvalue weighted by atomic mass is 9.83. The highest BCUT2D eigenvalue weighted by atomic mass is 16.4. The van der Waals surface area contributed by atoms with E-state index < -0.39 is 11.6 Å². The third-order valence-electron chi connectivity index (χ3n) is 5.66. The molecule has 0 bridgehead atoms. The Hall–Kier alpha value is -4.19. The number of imide groups is 1. The van der Waals surface area contributed by atoms with Crippen LogP contribution in [0, 0.1) is 0 Å². The first-order valence-electron chi connectivity index (χ1n) is 10.4. The number of carbonyl (C=O) groups excluding carboxylic acids is 2. The topological polar surface area (TPSA) is 75.4 Å². The number of hydrogen-bond acceptors (Lipinski definition) is 4. The highest BCUT2D eigenvalue weighted by Crippen LogP contribution is 2.34. The van der Waals surface area contributed by atoms with Gasteiger partial charge in [0.05, 0.1) is 6.20 Å². The van der Waals surface area contributed by atoms with Crippen LogP contribution in [0.25, 0.3) is 11.3 Å². The molecule has 1 N–H and O–H groups in total. The van der Waals surface area contributed by atoms with Crippen molar-refractivity contribution in [2.24, 2.45) is 0 Å². The number of benzene rings is 3. The van der Waals surface area contributed by atoms with E-state index in [1.807, 2.05) is 91.0 Å². The standard InChI is InChI=1S/C26H21N3O3/c30-24-26(21-14-8-3-9-15-21,16-19-10-4-1-5-11-19)28-25(31)29(24)18-23-27-17-22(32-23)20-12-6-2-7-13-20/h1-15,17H,16,18H2,(H,28,31)/t26-/m0/s1. The van der Waals surface area contributed by atoms with Gasteiger partial charge < -0.3 is 9.73 Å². The van der Waals surface area contributed by atoms with Crippen molar-refractivity contribution in [2.45, 2.75) is 18.5 Å².